The highest BCUT2D eigenvalue weighted by Gasteiger charge is 2.13. The van der Waals surface area contributed by atoms with Gasteiger partial charge in [0.1, 0.15) is 0 Å². The fraction of sp³-hybridized carbons (Fsp3) is 1.00. The van der Waals surface area contributed by atoms with Gasteiger partial charge in [-0.1, -0.05) is 18.3 Å². The number of aliphatic hydroxyl groups is 1. The summed E-state index contributed by atoms with van der Waals surface area (Å²) in [4.78, 5) is 16.9. The molecule has 7 heteroatoms. The Balaban J connectivity index is -0.000000320. The molecule has 0 aliphatic heterocycles. The zero-order chi connectivity index (χ0) is 7.44. The van der Waals surface area contributed by atoms with Crippen LogP contribution in [0.4, 0.5) is 0 Å². The second kappa shape index (κ2) is 8.67. The standard InChI is InChI=1S/C4H11O3PS.2H3N/c1-3(5)4(2)9-8(6)7;;/h3-7H,1-2H3;2*1H3. The first-order valence-corrected chi connectivity index (χ1v) is 5.30. The largest absolute Gasteiger partial charge is 0.392 e. The van der Waals surface area contributed by atoms with Gasteiger partial charge in [-0.15, -0.1) is 0 Å². The molecular formula is C4H17N2O3PS. The summed E-state index contributed by atoms with van der Waals surface area (Å²) in [5.41, 5.74) is 0. The van der Waals surface area contributed by atoms with Crippen molar-refractivity contribution in [3.8, 4) is 0 Å². The molecule has 0 aliphatic rings. The van der Waals surface area contributed by atoms with Crippen LogP contribution in [0, 0.1) is 0 Å². The molecule has 0 aliphatic carbocycles. The topological polar surface area (TPSA) is 131 Å². The van der Waals surface area contributed by atoms with Crippen molar-refractivity contribution in [2.24, 2.45) is 0 Å². The van der Waals surface area contributed by atoms with Crippen molar-refractivity contribution < 1.29 is 14.9 Å². The van der Waals surface area contributed by atoms with Crippen molar-refractivity contribution in [3.63, 3.8) is 0 Å². The van der Waals surface area contributed by atoms with Gasteiger partial charge < -0.3 is 27.2 Å². The summed E-state index contributed by atoms with van der Waals surface area (Å²) in [5.74, 6) is 0. The van der Waals surface area contributed by atoms with Gasteiger partial charge in [0, 0.05) is 5.25 Å². The molecule has 11 heavy (non-hydrogen) atoms. The van der Waals surface area contributed by atoms with E-state index in [2.05, 4.69) is 0 Å². The van der Waals surface area contributed by atoms with Gasteiger partial charge in [0.05, 0.1) is 6.10 Å². The van der Waals surface area contributed by atoms with E-state index in [9.17, 15) is 0 Å². The molecule has 0 heterocycles. The van der Waals surface area contributed by atoms with Crippen molar-refractivity contribution in [3.05, 3.63) is 0 Å². The van der Waals surface area contributed by atoms with Crippen molar-refractivity contribution in [1.82, 2.24) is 12.3 Å². The van der Waals surface area contributed by atoms with E-state index in [1.165, 1.54) is 0 Å². The van der Waals surface area contributed by atoms with Crippen LogP contribution in [0.5, 0.6) is 0 Å². The fourth-order valence-electron chi connectivity index (χ4n) is 0.237. The summed E-state index contributed by atoms with van der Waals surface area (Å²) in [5, 5.41) is 8.73. The molecular weight excluding hydrogens is 187 g/mol. The zero-order valence-electron chi connectivity index (χ0n) is 6.77. The van der Waals surface area contributed by atoms with Crippen LogP contribution in [0.2, 0.25) is 0 Å². The van der Waals surface area contributed by atoms with Gasteiger partial charge in [-0.05, 0) is 6.92 Å². The van der Waals surface area contributed by atoms with E-state index in [0.717, 1.165) is 11.4 Å². The Hall–Kier alpha value is 0.580. The third kappa shape index (κ3) is 10.6. The van der Waals surface area contributed by atoms with Crippen LogP contribution in [0.3, 0.4) is 0 Å². The summed E-state index contributed by atoms with van der Waals surface area (Å²) in [7, 11) is -1.92. The summed E-state index contributed by atoms with van der Waals surface area (Å²) in [6.45, 7) is 3.37. The molecule has 5 nitrogen and oxygen atoms in total. The van der Waals surface area contributed by atoms with Crippen LogP contribution >= 0.6 is 19.0 Å². The van der Waals surface area contributed by atoms with Crippen LogP contribution in [0.15, 0.2) is 0 Å². The maximum Gasteiger partial charge on any atom is 0.232 e. The van der Waals surface area contributed by atoms with E-state index in [0.29, 0.717) is 0 Å². The first-order chi connectivity index (χ1) is 4.04. The molecule has 9 N–H and O–H groups in total. The molecule has 2 unspecified atom stereocenters. The second-order valence-electron chi connectivity index (χ2n) is 1.80. The molecule has 0 saturated carbocycles. The van der Waals surface area contributed by atoms with E-state index in [1.807, 2.05) is 0 Å². The Morgan fingerprint density at radius 2 is 1.55 bits per heavy atom. The number of aliphatic hydroxyl groups excluding tert-OH is 1. The quantitative estimate of drug-likeness (QED) is 0.436. The molecule has 0 fully saturated rings. The lowest BCUT2D eigenvalue weighted by Gasteiger charge is -2.13. The van der Waals surface area contributed by atoms with Gasteiger partial charge in [0.2, 0.25) is 7.58 Å². The SMILES string of the molecule is CC(O)C(C)SP(O)O.N.N. The second-order valence-corrected chi connectivity index (χ2v) is 4.88. The lowest BCUT2D eigenvalue weighted by Crippen LogP contribution is -2.14. The minimum atomic E-state index is -1.92. The van der Waals surface area contributed by atoms with Crippen molar-refractivity contribution in [2.75, 3.05) is 0 Å². The van der Waals surface area contributed by atoms with E-state index in [4.69, 9.17) is 14.9 Å². The monoisotopic (exact) mass is 204 g/mol. The van der Waals surface area contributed by atoms with Crippen LogP contribution in [0.25, 0.3) is 0 Å². The number of rotatable bonds is 3. The summed E-state index contributed by atoms with van der Waals surface area (Å²) in [6.07, 6.45) is -0.487. The molecule has 0 saturated heterocycles. The van der Waals surface area contributed by atoms with Crippen LogP contribution < -0.4 is 12.3 Å². The Bertz CT molecular complexity index is 85.7. The Morgan fingerprint density at radius 3 is 1.64 bits per heavy atom. The Labute approximate surface area is 72.0 Å². The number of hydrogen-bond acceptors (Lipinski definition) is 6. The molecule has 0 rings (SSSR count). The van der Waals surface area contributed by atoms with Gasteiger partial charge in [-0.2, -0.15) is 0 Å². The molecule has 0 aromatic carbocycles. The van der Waals surface area contributed by atoms with Crippen molar-refractivity contribution in [1.29, 1.82) is 0 Å². The smallest absolute Gasteiger partial charge is 0.232 e. The molecule has 0 radical (unpaired) electrons. The molecule has 0 aromatic heterocycles. The lowest BCUT2D eigenvalue weighted by atomic mass is 10.3. The summed E-state index contributed by atoms with van der Waals surface area (Å²) < 4.78 is 0. The first-order valence-electron chi connectivity index (χ1n) is 2.56. The molecule has 2 atom stereocenters. The predicted octanol–water partition coefficient (Wildman–Crippen LogP) is 1.02. The maximum absolute atomic E-state index is 8.84. The summed E-state index contributed by atoms with van der Waals surface area (Å²) in [6, 6.07) is 0. The van der Waals surface area contributed by atoms with Crippen LogP contribution in [-0.4, -0.2) is 26.2 Å². The zero-order valence-corrected chi connectivity index (χ0v) is 8.48. The van der Waals surface area contributed by atoms with Crippen LogP contribution in [0.1, 0.15) is 13.8 Å². The highest BCUT2D eigenvalue weighted by atomic mass is 32.7. The van der Waals surface area contributed by atoms with Gasteiger partial charge >= 0.3 is 0 Å². The number of hydrogen-bond donors (Lipinski definition) is 5. The minimum absolute atomic E-state index is 0. The van der Waals surface area contributed by atoms with Crippen molar-refractivity contribution in [2.45, 2.75) is 25.2 Å². The first kappa shape index (κ1) is 17.6. The van der Waals surface area contributed by atoms with E-state index < -0.39 is 13.7 Å². The molecule has 72 valence electrons. The molecule has 0 aromatic rings. The predicted molar refractivity (Wildman–Crippen MR) is 50.1 cm³/mol. The molecule has 0 amide bonds. The normalized spacial score (nSPS) is 14.7. The minimum Gasteiger partial charge on any atom is -0.392 e. The molecule has 0 bridgehead atoms. The van der Waals surface area contributed by atoms with Gasteiger partial charge in [-0.3, -0.25) is 0 Å². The van der Waals surface area contributed by atoms with E-state index in [-0.39, 0.29) is 17.6 Å². The lowest BCUT2D eigenvalue weighted by molar-refractivity contribution is 0.196. The summed E-state index contributed by atoms with van der Waals surface area (Å²) >= 11 is 0.988. The average Bonchev–Trinajstić information content (AvgIpc) is 1.63. The highest BCUT2D eigenvalue weighted by Crippen LogP contribution is 2.44. The van der Waals surface area contributed by atoms with Gasteiger partial charge in [0.25, 0.3) is 0 Å². The fourth-order valence-corrected chi connectivity index (χ4v) is 2.13. The van der Waals surface area contributed by atoms with Gasteiger partial charge in [-0.25, -0.2) is 0 Å². The molecule has 0 spiro atoms. The van der Waals surface area contributed by atoms with Crippen molar-refractivity contribution >= 4 is 19.0 Å². The van der Waals surface area contributed by atoms with E-state index in [1.54, 1.807) is 13.8 Å². The highest BCUT2D eigenvalue weighted by molar-refractivity contribution is 8.52. The third-order valence-electron chi connectivity index (χ3n) is 0.940. The van der Waals surface area contributed by atoms with Crippen LogP contribution in [-0.2, 0) is 0 Å². The van der Waals surface area contributed by atoms with Gasteiger partial charge in [0.15, 0.2) is 0 Å². The third-order valence-corrected chi connectivity index (χ3v) is 3.42. The van der Waals surface area contributed by atoms with E-state index >= 15 is 0 Å². The maximum atomic E-state index is 8.84. The Kier molecular flexibility index (Phi) is 13.9. The Morgan fingerprint density at radius 1 is 1.18 bits per heavy atom. The average molecular weight is 204 g/mol.